The number of anilines is 1. The van der Waals surface area contributed by atoms with Crippen LogP contribution in [0.2, 0.25) is 0 Å². The lowest BCUT2D eigenvalue weighted by atomic mass is 10.2. The molecule has 8 nitrogen and oxygen atoms in total. The van der Waals surface area contributed by atoms with Gasteiger partial charge >= 0.3 is 0 Å². The summed E-state index contributed by atoms with van der Waals surface area (Å²) < 4.78 is 5.53. The van der Waals surface area contributed by atoms with E-state index in [1.54, 1.807) is 42.6 Å². The average molecular weight is 403 g/mol. The van der Waals surface area contributed by atoms with E-state index < -0.39 is 0 Å². The summed E-state index contributed by atoms with van der Waals surface area (Å²) in [7, 11) is 1.57. The van der Waals surface area contributed by atoms with Crippen LogP contribution in [0.15, 0.2) is 39.3 Å². The first-order valence-electron chi connectivity index (χ1n) is 8.01. The standard InChI is InChI=1S/C17H17N5O3S2/c1-10-19-13(8-26-10)7-15-21-22-17(25-15)27-9-14(23)20-12-5-3-11(4-6-12)16(24)18-2/h3-6,8H,7,9H2,1-2H3,(H,18,24)(H,20,23). The van der Waals surface area contributed by atoms with Gasteiger partial charge in [0.15, 0.2) is 0 Å². The lowest BCUT2D eigenvalue weighted by Crippen LogP contribution is -2.18. The SMILES string of the molecule is CNC(=O)c1ccc(NC(=O)CSc2nnc(Cc3csc(C)n3)o2)cc1. The Morgan fingerprint density at radius 2 is 2.00 bits per heavy atom. The lowest BCUT2D eigenvalue weighted by Gasteiger charge is -2.05. The van der Waals surface area contributed by atoms with Crippen molar-refractivity contribution in [2.45, 2.75) is 18.6 Å². The summed E-state index contributed by atoms with van der Waals surface area (Å²) in [6.07, 6.45) is 0.474. The molecule has 10 heteroatoms. The number of thioether (sulfide) groups is 1. The zero-order valence-electron chi connectivity index (χ0n) is 14.7. The maximum absolute atomic E-state index is 12.1. The first-order valence-corrected chi connectivity index (χ1v) is 9.88. The molecule has 2 heterocycles. The van der Waals surface area contributed by atoms with E-state index in [9.17, 15) is 9.59 Å². The largest absolute Gasteiger partial charge is 0.416 e. The van der Waals surface area contributed by atoms with Gasteiger partial charge in [0, 0.05) is 23.7 Å². The van der Waals surface area contributed by atoms with E-state index in [-0.39, 0.29) is 17.6 Å². The van der Waals surface area contributed by atoms with Crippen LogP contribution in [0.1, 0.15) is 27.0 Å². The van der Waals surface area contributed by atoms with Gasteiger partial charge in [-0.05, 0) is 31.2 Å². The molecular weight excluding hydrogens is 386 g/mol. The van der Waals surface area contributed by atoms with Gasteiger partial charge in [-0.1, -0.05) is 11.8 Å². The van der Waals surface area contributed by atoms with Gasteiger partial charge in [-0.2, -0.15) is 0 Å². The van der Waals surface area contributed by atoms with Crippen molar-refractivity contribution in [2.24, 2.45) is 0 Å². The predicted octanol–water partition coefficient (Wildman–Crippen LogP) is 2.52. The van der Waals surface area contributed by atoms with Crippen molar-refractivity contribution in [1.82, 2.24) is 20.5 Å². The zero-order valence-corrected chi connectivity index (χ0v) is 16.3. The van der Waals surface area contributed by atoms with Crippen LogP contribution in [0.4, 0.5) is 5.69 Å². The highest BCUT2D eigenvalue weighted by Gasteiger charge is 2.12. The van der Waals surface area contributed by atoms with Crippen molar-refractivity contribution in [3.8, 4) is 0 Å². The Morgan fingerprint density at radius 3 is 2.67 bits per heavy atom. The Morgan fingerprint density at radius 1 is 1.22 bits per heavy atom. The highest BCUT2D eigenvalue weighted by atomic mass is 32.2. The van der Waals surface area contributed by atoms with Crippen LogP contribution in [-0.2, 0) is 11.2 Å². The first kappa shape index (κ1) is 19.1. The number of thiazole rings is 1. The second-order valence-electron chi connectivity index (χ2n) is 5.49. The highest BCUT2D eigenvalue weighted by Crippen LogP contribution is 2.19. The number of nitrogens with zero attached hydrogens (tertiary/aromatic N) is 3. The van der Waals surface area contributed by atoms with Gasteiger partial charge in [0.1, 0.15) is 0 Å². The number of hydrogen-bond acceptors (Lipinski definition) is 8. The fourth-order valence-electron chi connectivity index (χ4n) is 2.19. The number of carbonyl (C=O) groups is 2. The third-order valence-electron chi connectivity index (χ3n) is 3.43. The predicted molar refractivity (Wildman–Crippen MR) is 103 cm³/mol. The van der Waals surface area contributed by atoms with E-state index in [0.717, 1.165) is 22.5 Å². The number of benzene rings is 1. The molecule has 0 aliphatic rings. The van der Waals surface area contributed by atoms with E-state index in [4.69, 9.17) is 4.42 Å². The molecule has 140 valence electrons. The van der Waals surface area contributed by atoms with Crippen molar-refractivity contribution < 1.29 is 14.0 Å². The number of nitrogens with one attached hydrogen (secondary N) is 2. The molecule has 0 aliphatic carbocycles. The van der Waals surface area contributed by atoms with Crippen LogP contribution in [-0.4, -0.2) is 39.8 Å². The molecule has 0 bridgehead atoms. The Labute approximate surface area is 163 Å². The summed E-state index contributed by atoms with van der Waals surface area (Å²) in [5.74, 6) is 0.216. The Hall–Kier alpha value is -2.72. The van der Waals surface area contributed by atoms with E-state index in [2.05, 4.69) is 25.8 Å². The number of amides is 2. The van der Waals surface area contributed by atoms with Crippen LogP contribution in [0.5, 0.6) is 0 Å². The number of aryl methyl sites for hydroxylation is 1. The first-order chi connectivity index (χ1) is 13.0. The summed E-state index contributed by atoms with van der Waals surface area (Å²) in [6, 6.07) is 6.64. The minimum atomic E-state index is -0.206. The normalized spacial score (nSPS) is 10.6. The number of carbonyl (C=O) groups excluding carboxylic acids is 2. The summed E-state index contributed by atoms with van der Waals surface area (Å²) >= 11 is 2.73. The average Bonchev–Trinajstić information content (AvgIpc) is 3.29. The molecule has 2 aromatic heterocycles. The third-order valence-corrected chi connectivity index (χ3v) is 5.07. The van der Waals surface area contributed by atoms with Gasteiger partial charge in [0.2, 0.25) is 11.8 Å². The zero-order chi connectivity index (χ0) is 19.2. The topological polar surface area (TPSA) is 110 Å². The molecule has 0 saturated heterocycles. The van der Waals surface area contributed by atoms with Crippen molar-refractivity contribution in [2.75, 3.05) is 18.1 Å². The molecule has 3 rings (SSSR count). The van der Waals surface area contributed by atoms with Gasteiger partial charge in [-0.25, -0.2) is 4.98 Å². The van der Waals surface area contributed by atoms with Crippen molar-refractivity contribution in [3.05, 3.63) is 51.8 Å². The maximum Gasteiger partial charge on any atom is 0.277 e. The van der Waals surface area contributed by atoms with Crippen molar-refractivity contribution in [1.29, 1.82) is 0 Å². The van der Waals surface area contributed by atoms with E-state index in [1.165, 1.54) is 0 Å². The fraction of sp³-hybridized carbons (Fsp3) is 0.235. The van der Waals surface area contributed by atoms with Gasteiger partial charge < -0.3 is 15.1 Å². The maximum atomic E-state index is 12.1. The van der Waals surface area contributed by atoms with Crippen LogP contribution < -0.4 is 10.6 Å². The monoisotopic (exact) mass is 403 g/mol. The molecule has 27 heavy (non-hydrogen) atoms. The Balaban J connectivity index is 1.48. The van der Waals surface area contributed by atoms with Crippen molar-refractivity contribution >= 4 is 40.6 Å². The minimum absolute atomic E-state index is 0.134. The summed E-state index contributed by atoms with van der Waals surface area (Å²) in [6.45, 7) is 1.94. The molecule has 2 amide bonds. The molecule has 0 fully saturated rings. The molecular formula is C17H17N5O3S2. The van der Waals surface area contributed by atoms with Gasteiger partial charge in [0.05, 0.1) is 22.9 Å². The van der Waals surface area contributed by atoms with E-state index >= 15 is 0 Å². The number of aromatic nitrogens is 3. The Kier molecular flexibility index (Phi) is 6.20. The second-order valence-corrected chi connectivity index (χ2v) is 7.48. The third kappa shape index (κ3) is 5.38. The molecule has 0 radical (unpaired) electrons. The van der Waals surface area contributed by atoms with Crippen LogP contribution in [0.25, 0.3) is 0 Å². The van der Waals surface area contributed by atoms with E-state index in [1.807, 2.05) is 12.3 Å². The van der Waals surface area contributed by atoms with Crippen molar-refractivity contribution in [3.63, 3.8) is 0 Å². The molecule has 3 aromatic rings. The lowest BCUT2D eigenvalue weighted by molar-refractivity contribution is -0.113. The number of rotatable bonds is 7. The van der Waals surface area contributed by atoms with Crippen LogP contribution in [0.3, 0.4) is 0 Å². The Bertz CT molecular complexity index is 936. The highest BCUT2D eigenvalue weighted by molar-refractivity contribution is 7.99. The smallest absolute Gasteiger partial charge is 0.277 e. The molecule has 0 spiro atoms. The molecule has 0 unspecified atom stereocenters. The summed E-state index contributed by atoms with van der Waals surface area (Å²) in [4.78, 5) is 27.9. The summed E-state index contributed by atoms with van der Waals surface area (Å²) in [5, 5.41) is 16.5. The quantitative estimate of drug-likeness (QED) is 0.583. The van der Waals surface area contributed by atoms with Crippen LogP contribution in [0, 0.1) is 6.92 Å². The molecule has 0 saturated carbocycles. The number of hydrogen-bond donors (Lipinski definition) is 2. The molecule has 0 atom stereocenters. The molecule has 0 aliphatic heterocycles. The fourth-order valence-corrected chi connectivity index (χ4v) is 3.38. The van der Waals surface area contributed by atoms with E-state index in [0.29, 0.717) is 28.8 Å². The second kappa shape index (κ2) is 8.78. The minimum Gasteiger partial charge on any atom is -0.416 e. The van der Waals surface area contributed by atoms with Gasteiger partial charge in [-0.15, -0.1) is 21.5 Å². The van der Waals surface area contributed by atoms with Gasteiger partial charge in [0.25, 0.3) is 11.1 Å². The molecule has 2 N–H and O–H groups in total. The molecule has 1 aromatic carbocycles. The summed E-state index contributed by atoms with van der Waals surface area (Å²) in [5.41, 5.74) is 2.02. The van der Waals surface area contributed by atoms with Crippen LogP contribution >= 0.6 is 23.1 Å². The van der Waals surface area contributed by atoms with Gasteiger partial charge in [-0.3, -0.25) is 9.59 Å².